The summed E-state index contributed by atoms with van der Waals surface area (Å²) in [7, 11) is 0. The minimum Gasteiger partial charge on any atom is -0.394 e. The van der Waals surface area contributed by atoms with Gasteiger partial charge < -0.3 is 25.4 Å². The Bertz CT molecular complexity index is 918. The Morgan fingerprint density at radius 3 is 2.45 bits per heavy atom. The summed E-state index contributed by atoms with van der Waals surface area (Å²) < 4.78 is 6.68. The number of amides is 3. The van der Waals surface area contributed by atoms with Crippen molar-refractivity contribution in [1.82, 2.24) is 10.2 Å². The summed E-state index contributed by atoms with van der Waals surface area (Å²) >= 11 is 0. The number of carbonyl (C=O) groups is 3. The fourth-order valence-electron chi connectivity index (χ4n) is 6.27. The van der Waals surface area contributed by atoms with Crippen molar-refractivity contribution in [3.63, 3.8) is 0 Å². The molecular weight excluding hydrogens is 422 g/mol. The van der Waals surface area contributed by atoms with E-state index >= 15 is 0 Å². The molecule has 3 aliphatic rings. The van der Waals surface area contributed by atoms with Crippen molar-refractivity contribution in [2.24, 2.45) is 11.8 Å². The van der Waals surface area contributed by atoms with Crippen LogP contribution in [-0.4, -0.2) is 63.7 Å². The zero-order valence-corrected chi connectivity index (χ0v) is 19.8. The maximum atomic E-state index is 13.9. The standard InChI is InChI=1S/C25H35N3O5/c1-5-17(14-29)28-20(22(31)26-15(3)4)25-13-12-24(6-2,33-25)18(19(25)23(28)32)21(30)27-16-10-8-7-9-11-16/h7-11,15,17-20,29H,5-6,12-14H2,1-4H3,(H,26,31)(H,27,30)/t17-,18-,19-,20?,24+,25?/m0/s1. The highest BCUT2D eigenvalue weighted by atomic mass is 16.5. The molecule has 33 heavy (non-hydrogen) atoms. The maximum Gasteiger partial charge on any atom is 0.246 e. The molecule has 3 N–H and O–H groups in total. The van der Waals surface area contributed by atoms with Crippen LogP contribution >= 0.6 is 0 Å². The number of hydrogen-bond acceptors (Lipinski definition) is 5. The van der Waals surface area contributed by atoms with E-state index in [0.717, 1.165) is 0 Å². The first kappa shape index (κ1) is 23.7. The molecule has 6 atom stereocenters. The number of hydrogen-bond donors (Lipinski definition) is 3. The number of ether oxygens (including phenoxy) is 1. The summed E-state index contributed by atoms with van der Waals surface area (Å²) in [5.74, 6) is -2.30. The fraction of sp³-hybridized carbons (Fsp3) is 0.640. The number of benzene rings is 1. The van der Waals surface area contributed by atoms with Crippen molar-refractivity contribution >= 4 is 23.4 Å². The highest BCUT2D eigenvalue weighted by molar-refractivity contribution is 6.02. The molecule has 2 unspecified atom stereocenters. The Morgan fingerprint density at radius 1 is 1.18 bits per heavy atom. The lowest BCUT2D eigenvalue weighted by Gasteiger charge is -2.37. The number of rotatable bonds is 8. The normalized spacial score (nSPS) is 33.3. The van der Waals surface area contributed by atoms with Gasteiger partial charge in [0.05, 0.1) is 30.1 Å². The summed E-state index contributed by atoms with van der Waals surface area (Å²) in [5, 5.41) is 16.0. The summed E-state index contributed by atoms with van der Waals surface area (Å²) in [6.07, 6.45) is 2.20. The topological polar surface area (TPSA) is 108 Å². The van der Waals surface area contributed by atoms with Crippen LogP contribution in [0, 0.1) is 11.8 Å². The van der Waals surface area contributed by atoms with E-state index in [0.29, 0.717) is 31.4 Å². The van der Waals surface area contributed by atoms with E-state index in [2.05, 4.69) is 10.6 Å². The van der Waals surface area contributed by atoms with Gasteiger partial charge in [0.2, 0.25) is 17.7 Å². The van der Waals surface area contributed by atoms with E-state index in [1.54, 1.807) is 12.1 Å². The Labute approximate surface area is 195 Å². The van der Waals surface area contributed by atoms with Crippen LogP contribution in [0.4, 0.5) is 5.69 Å². The molecule has 3 fully saturated rings. The predicted molar refractivity (Wildman–Crippen MR) is 123 cm³/mol. The molecular formula is C25H35N3O5. The quantitative estimate of drug-likeness (QED) is 0.554. The van der Waals surface area contributed by atoms with Crippen LogP contribution < -0.4 is 10.6 Å². The zero-order chi connectivity index (χ0) is 24.0. The van der Waals surface area contributed by atoms with Gasteiger partial charge in [0.15, 0.2) is 0 Å². The number of para-hydroxylation sites is 1. The lowest BCUT2D eigenvalue weighted by molar-refractivity contribution is -0.150. The van der Waals surface area contributed by atoms with E-state index in [4.69, 9.17) is 4.74 Å². The van der Waals surface area contributed by atoms with Crippen molar-refractivity contribution in [3.8, 4) is 0 Å². The monoisotopic (exact) mass is 457 g/mol. The number of anilines is 1. The second kappa shape index (κ2) is 8.72. The molecule has 1 aromatic carbocycles. The molecule has 3 heterocycles. The number of nitrogens with zero attached hydrogens (tertiary/aromatic N) is 1. The van der Waals surface area contributed by atoms with Crippen LogP contribution in [0.3, 0.4) is 0 Å². The lowest BCUT2D eigenvalue weighted by Crippen LogP contribution is -2.58. The molecule has 8 nitrogen and oxygen atoms in total. The van der Waals surface area contributed by atoms with Gasteiger partial charge in [-0.15, -0.1) is 0 Å². The van der Waals surface area contributed by atoms with Crippen molar-refractivity contribution in [2.45, 2.75) is 82.7 Å². The van der Waals surface area contributed by atoms with Crippen LogP contribution in [0.5, 0.6) is 0 Å². The van der Waals surface area contributed by atoms with E-state index in [1.165, 1.54) is 4.90 Å². The van der Waals surface area contributed by atoms with Gasteiger partial charge in [-0.1, -0.05) is 32.0 Å². The van der Waals surface area contributed by atoms with Crippen molar-refractivity contribution in [3.05, 3.63) is 30.3 Å². The number of carbonyl (C=O) groups excluding carboxylic acids is 3. The van der Waals surface area contributed by atoms with E-state index in [9.17, 15) is 19.5 Å². The molecule has 3 amide bonds. The molecule has 0 aliphatic carbocycles. The molecule has 0 radical (unpaired) electrons. The van der Waals surface area contributed by atoms with Crippen molar-refractivity contribution < 1.29 is 24.2 Å². The summed E-state index contributed by atoms with van der Waals surface area (Å²) in [5.41, 5.74) is -1.21. The molecule has 4 rings (SSSR count). The first-order valence-electron chi connectivity index (χ1n) is 12.0. The van der Waals surface area contributed by atoms with E-state index in [1.807, 2.05) is 45.9 Å². The molecule has 3 aliphatic heterocycles. The van der Waals surface area contributed by atoms with Gasteiger partial charge in [-0.25, -0.2) is 0 Å². The maximum absolute atomic E-state index is 13.9. The van der Waals surface area contributed by atoms with Gasteiger partial charge in [-0.2, -0.15) is 0 Å². The van der Waals surface area contributed by atoms with Crippen molar-refractivity contribution in [1.29, 1.82) is 0 Å². The third-order valence-electron chi connectivity index (χ3n) is 7.70. The molecule has 8 heteroatoms. The number of aliphatic hydroxyl groups excluding tert-OH is 1. The SMILES string of the molecule is CC[C@@H](CO)N1C(=O)[C@@H]2[C@@H](C(=O)Nc3ccccc3)[C@@]3(CC)CCC2(O3)C1C(=O)NC(C)C. The van der Waals surface area contributed by atoms with Crippen LogP contribution in [0.15, 0.2) is 30.3 Å². The molecule has 1 spiro atoms. The first-order valence-corrected chi connectivity index (χ1v) is 12.0. The molecule has 0 aromatic heterocycles. The Kier molecular flexibility index (Phi) is 6.26. The largest absolute Gasteiger partial charge is 0.394 e. The van der Waals surface area contributed by atoms with Gasteiger partial charge in [0.25, 0.3) is 0 Å². The minimum atomic E-state index is -1.08. The minimum absolute atomic E-state index is 0.116. The van der Waals surface area contributed by atoms with Gasteiger partial charge >= 0.3 is 0 Å². The van der Waals surface area contributed by atoms with Gasteiger partial charge in [0.1, 0.15) is 11.6 Å². The predicted octanol–water partition coefficient (Wildman–Crippen LogP) is 2.08. The van der Waals surface area contributed by atoms with Crippen LogP contribution in [0.1, 0.15) is 53.4 Å². The lowest BCUT2D eigenvalue weighted by atomic mass is 9.65. The van der Waals surface area contributed by atoms with Crippen LogP contribution in [0.25, 0.3) is 0 Å². The van der Waals surface area contributed by atoms with Gasteiger partial charge in [-0.3, -0.25) is 14.4 Å². The molecule has 0 saturated carbocycles. The summed E-state index contributed by atoms with van der Waals surface area (Å²) in [4.78, 5) is 42.5. The summed E-state index contributed by atoms with van der Waals surface area (Å²) in [6.45, 7) is 7.33. The third-order valence-corrected chi connectivity index (χ3v) is 7.70. The molecule has 3 saturated heterocycles. The highest BCUT2D eigenvalue weighted by Crippen LogP contribution is 2.64. The second-order valence-corrected chi connectivity index (χ2v) is 9.84. The zero-order valence-electron chi connectivity index (χ0n) is 19.8. The smallest absolute Gasteiger partial charge is 0.246 e. The van der Waals surface area contributed by atoms with Crippen LogP contribution in [0.2, 0.25) is 0 Å². The Morgan fingerprint density at radius 2 is 1.88 bits per heavy atom. The Balaban J connectivity index is 1.77. The van der Waals surface area contributed by atoms with Crippen LogP contribution in [-0.2, 0) is 19.1 Å². The number of fused-ring (bicyclic) bond motifs is 1. The van der Waals surface area contributed by atoms with Gasteiger partial charge in [0, 0.05) is 11.7 Å². The van der Waals surface area contributed by atoms with Gasteiger partial charge in [-0.05, 0) is 51.7 Å². The highest BCUT2D eigenvalue weighted by Gasteiger charge is 2.79. The third kappa shape index (κ3) is 3.54. The molecule has 180 valence electrons. The average Bonchev–Trinajstić information content (AvgIpc) is 3.39. The first-order chi connectivity index (χ1) is 15.7. The van der Waals surface area contributed by atoms with E-state index < -0.39 is 35.1 Å². The second-order valence-electron chi connectivity index (χ2n) is 9.84. The number of aliphatic hydroxyl groups is 1. The molecule has 1 aromatic rings. The average molecular weight is 458 g/mol. The van der Waals surface area contributed by atoms with Crippen molar-refractivity contribution in [2.75, 3.05) is 11.9 Å². The number of nitrogens with one attached hydrogen (secondary N) is 2. The molecule has 2 bridgehead atoms. The van der Waals surface area contributed by atoms with E-state index in [-0.39, 0.29) is 30.4 Å². The Hall–Kier alpha value is -2.45. The fourth-order valence-corrected chi connectivity index (χ4v) is 6.27. The summed E-state index contributed by atoms with van der Waals surface area (Å²) in [6, 6.07) is 7.65. The number of likely N-dealkylation sites (tertiary alicyclic amines) is 1.